The number of amides is 3. The average molecular weight is 683 g/mol. The summed E-state index contributed by atoms with van der Waals surface area (Å²) in [6.07, 6.45) is 7.98. The number of carbonyl (C=O) groups is 3. The second-order valence-electron chi connectivity index (χ2n) is 12.5. The molecule has 0 saturated carbocycles. The quantitative estimate of drug-likeness (QED) is 0.133. The van der Waals surface area contributed by atoms with Crippen LogP contribution in [0.25, 0.3) is 11.1 Å². The van der Waals surface area contributed by atoms with Crippen molar-refractivity contribution in [3.05, 3.63) is 77.9 Å². The van der Waals surface area contributed by atoms with Gasteiger partial charge in [0, 0.05) is 64.5 Å². The first-order chi connectivity index (χ1) is 24.1. The van der Waals surface area contributed by atoms with Crippen molar-refractivity contribution in [1.82, 2.24) is 14.0 Å². The Morgan fingerprint density at radius 3 is 2.52 bits per heavy atom. The van der Waals surface area contributed by atoms with Crippen LogP contribution in [0.2, 0.25) is 0 Å². The zero-order chi connectivity index (χ0) is 35.4. The van der Waals surface area contributed by atoms with Gasteiger partial charge in [0.2, 0.25) is 5.91 Å². The number of aromatic nitrogens is 2. The van der Waals surface area contributed by atoms with Gasteiger partial charge in [-0.2, -0.15) is 0 Å². The predicted molar refractivity (Wildman–Crippen MR) is 189 cm³/mol. The van der Waals surface area contributed by atoms with E-state index in [-0.39, 0.29) is 36.8 Å². The molecule has 4 aromatic rings. The number of aliphatic hydroxyl groups excluding tert-OH is 1. The number of hydrogen-bond acceptors (Lipinski definition) is 8. The Labute approximate surface area is 290 Å². The molecule has 1 unspecified atom stereocenters. The van der Waals surface area contributed by atoms with E-state index in [1.807, 2.05) is 42.6 Å². The molecule has 3 N–H and O–H groups in total. The first-order valence-corrected chi connectivity index (χ1v) is 16.6. The van der Waals surface area contributed by atoms with Crippen LogP contribution >= 0.6 is 0 Å². The first kappa shape index (κ1) is 34.5. The van der Waals surface area contributed by atoms with E-state index in [2.05, 4.69) is 15.6 Å². The Morgan fingerprint density at radius 2 is 1.76 bits per heavy atom. The number of fused-ring (bicyclic) bond motifs is 2. The SMILES string of the molecule is COc1cc2c(cc1OCCCC(=O)Nc1cc(C(=O)Nc3ccc(-c4cc(C(O)OC)n(C)c4)cc3)n(C)c1)N=C[C@@H]1CCCCN1C2=O. The Morgan fingerprint density at radius 1 is 0.960 bits per heavy atom. The van der Waals surface area contributed by atoms with E-state index in [0.29, 0.717) is 58.5 Å². The molecule has 13 heteroatoms. The molecule has 13 nitrogen and oxygen atoms in total. The molecule has 4 heterocycles. The highest BCUT2D eigenvalue weighted by atomic mass is 16.6. The zero-order valence-electron chi connectivity index (χ0n) is 28.6. The molecule has 2 aromatic heterocycles. The van der Waals surface area contributed by atoms with E-state index < -0.39 is 6.29 Å². The van der Waals surface area contributed by atoms with Gasteiger partial charge < -0.3 is 44.0 Å². The molecule has 262 valence electrons. The second-order valence-corrected chi connectivity index (χ2v) is 12.5. The van der Waals surface area contributed by atoms with Crippen LogP contribution in [0.1, 0.15) is 64.9 Å². The predicted octanol–water partition coefficient (Wildman–Crippen LogP) is 5.44. The van der Waals surface area contributed by atoms with E-state index in [1.54, 1.807) is 52.7 Å². The molecule has 2 aromatic carbocycles. The summed E-state index contributed by atoms with van der Waals surface area (Å²) in [5.74, 6) is 0.302. The summed E-state index contributed by atoms with van der Waals surface area (Å²) in [6, 6.07) is 14.3. The van der Waals surface area contributed by atoms with E-state index in [1.165, 1.54) is 14.2 Å². The Balaban J connectivity index is 1.00. The highest BCUT2D eigenvalue weighted by Gasteiger charge is 2.31. The van der Waals surface area contributed by atoms with Crippen molar-refractivity contribution in [2.75, 3.05) is 38.0 Å². The molecule has 0 bridgehead atoms. The number of rotatable bonds is 12. The third-order valence-electron chi connectivity index (χ3n) is 9.03. The van der Waals surface area contributed by atoms with Gasteiger partial charge in [0.05, 0.1) is 42.4 Å². The van der Waals surface area contributed by atoms with Gasteiger partial charge in [-0.05, 0) is 67.1 Å². The summed E-state index contributed by atoms with van der Waals surface area (Å²) in [5.41, 5.74) is 4.98. The number of anilines is 2. The monoisotopic (exact) mass is 682 g/mol. The number of ether oxygens (including phenoxy) is 3. The highest BCUT2D eigenvalue weighted by molar-refractivity contribution is 6.05. The highest BCUT2D eigenvalue weighted by Crippen LogP contribution is 2.38. The van der Waals surface area contributed by atoms with Gasteiger partial charge in [0.1, 0.15) is 5.69 Å². The van der Waals surface area contributed by atoms with Crippen LogP contribution in [0.5, 0.6) is 11.5 Å². The Hall–Kier alpha value is -5.40. The molecule has 1 saturated heterocycles. The van der Waals surface area contributed by atoms with Crippen molar-refractivity contribution < 1.29 is 33.7 Å². The largest absolute Gasteiger partial charge is 0.493 e. The summed E-state index contributed by atoms with van der Waals surface area (Å²) in [6.45, 7) is 0.959. The summed E-state index contributed by atoms with van der Waals surface area (Å²) >= 11 is 0. The molecule has 2 atom stereocenters. The molecule has 2 aliphatic rings. The number of nitrogens with zero attached hydrogens (tertiary/aromatic N) is 4. The van der Waals surface area contributed by atoms with Crippen molar-refractivity contribution in [3.8, 4) is 22.6 Å². The first-order valence-electron chi connectivity index (χ1n) is 16.6. The van der Waals surface area contributed by atoms with Crippen molar-refractivity contribution in [1.29, 1.82) is 0 Å². The van der Waals surface area contributed by atoms with E-state index in [4.69, 9.17) is 14.2 Å². The standard InChI is InChI=1S/C37H42N6O7/c1-41-21-24(16-31(41)37(47)49-4)23-10-12-25(13-11-23)40-35(45)30-17-26(22-42(30)2)39-34(44)9-7-15-50-33-19-29-28(18-32(33)48-3)36(46)43-14-6-5-8-27(43)20-38-29/h10-13,16-22,27,37,47H,5-9,14-15H2,1-4H3,(H,39,44)(H,40,45)/t27-,37?/m0/s1. The van der Waals surface area contributed by atoms with Crippen LogP contribution in [0.3, 0.4) is 0 Å². The van der Waals surface area contributed by atoms with Gasteiger partial charge in [0.25, 0.3) is 11.8 Å². The minimum atomic E-state index is -1.02. The smallest absolute Gasteiger partial charge is 0.272 e. The van der Waals surface area contributed by atoms with Gasteiger partial charge in [0.15, 0.2) is 17.8 Å². The van der Waals surface area contributed by atoms with Crippen LogP contribution in [0.4, 0.5) is 17.1 Å². The summed E-state index contributed by atoms with van der Waals surface area (Å²) in [7, 11) is 6.54. The summed E-state index contributed by atoms with van der Waals surface area (Å²) in [5, 5.41) is 15.8. The Kier molecular flexibility index (Phi) is 10.3. The normalized spacial score (nSPS) is 15.9. The number of hydrogen-bond donors (Lipinski definition) is 3. The molecule has 2 aliphatic heterocycles. The van der Waals surface area contributed by atoms with Gasteiger partial charge >= 0.3 is 0 Å². The van der Waals surface area contributed by atoms with Crippen LogP contribution in [0, 0.1) is 0 Å². The summed E-state index contributed by atoms with van der Waals surface area (Å²) < 4.78 is 20.0. The fraction of sp³-hybridized carbons (Fsp3) is 0.351. The van der Waals surface area contributed by atoms with Crippen molar-refractivity contribution in [2.24, 2.45) is 19.1 Å². The molecule has 0 spiro atoms. The van der Waals surface area contributed by atoms with Crippen molar-refractivity contribution in [2.45, 2.75) is 44.4 Å². The van der Waals surface area contributed by atoms with Crippen LogP contribution in [-0.2, 0) is 23.6 Å². The molecular formula is C37H42N6O7. The fourth-order valence-electron chi connectivity index (χ4n) is 6.33. The maximum atomic E-state index is 13.2. The van der Waals surface area contributed by atoms with Crippen molar-refractivity contribution in [3.63, 3.8) is 0 Å². The van der Waals surface area contributed by atoms with E-state index >= 15 is 0 Å². The van der Waals surface area contributed by atoms with Gasteiger partial charge in [-0.1, -0.05) is 12.1 Å². The lowest BCUT2D eigenvalue weighted by molar-refractivity contribution is -0.116. The van der Waals surface area contributed by atoms with Gasteiger partial charge in [-0.15, -0.1) is 0 Å². The number of piperidine rings is 1. The van der Waals surface area contributed by atoms with E-state index in [9.17, 15) is 19.5 Å². The Bertz CT molecular complexity index is 1910. The molecule has 6 rings (SSSR count). The second kappa shape index (κ2) is 15.0. The molecule has 0 aliphatic carbocycles. The topological polar surface area (TPSA) is 149 Å². The minimum Gasteiger partial charge on any atom is -0.493 e. The third-order valence-corrected chi connectivity index (χ3v) is 9.03. The molecule has 50 heavy (non-hydrogen) atoms. The van der Waals surface area contributed by atoms with Crippen molar-refractivity contribution >= 4 is 41.0 Å². The molecule has 1 fully saturated rings. The lowest BCUT2D eigenvalue weighted by Gasteiger charge is -2.32. The zero-order valence-corrected chi connectivity index (χ0v) is 28.6. The number of aliphatic hydroxyl groups is 1. The van der Waals surface area contributed by atoms with Crippen LogP contribution in [-0.4, -0.2) is 76.5 Å². The maximum absolute atomic E-state index is 13.2. The fourth-order valence-corrected chi connectivity index (χ4v) is 6.33. The average Bonchev–Trinajstić information content (AvgIpc) is 3.66. The number of carbonyl (C=O) groups excluding carboxylic acids is 3. The van der Waals surface area contributed by atoms with Gasteiger partial charge in [-0.25, -0.2) is 0 Å². The number of aryl methyl sites for hydroxylation is 2. The van der Waals surface area contributed by atoms with Crippen LogP contribution in [0.15, 0.2) is 65.9 Å². The number of benzene rings is 2. The summed E-state index contributed by atoms with van der Waals surface area (Å²) in [4.78, 5) is 45.6. The number of nitrogens with one attached hydrogen (secondary N) is 2. The van der Waals surface area contributed by atoms with E-state index in [0.717, 1.165) is 30.4 Å². The lowest BCUT2D eigenvalue weighted by atomic mass is 10.0. The number of methoxy groups -OCH3 is 2. The molecule has 0 radical (unpaired) electrons. The molecule has 3 amide bonds. The third kappa shape index (κ3) is 7.43. The molecular weight excluding hydrogens is 640 g/mol. The van der Waals surface area contributed by atoms with Crippen LogP contribution < -0.4 is 20.1 Å². The van der Waals surface area contributed by atoms with Gasteiger partial charge in [-0.3, -0.25) is 19.4 Å². The minimum absolute atomic E-state index is 0.00103. The maximum Gasteiger partial charge on any atom is 0.272 e. The number of aliphatic imine (C=N–C) groups is 1. The lowest BCUT2D eigenvalue weighted by Crippen LogP contribution is -2.43.